The van der Waals surface area contributed by atoms with Crippen molar-refractivity contribution >= 4 is 0 Å². The Bertz CT molecular complexity index is 110. The van der Waals surface area contributed by atoms with Crippen molar-refractivity contribution in [2.75, 3.05) is 0 Å². The lowest BCUT2D eigenvalue weighted by Gasteiger charge is -1.95. The standard InChI is InChI=1S/C5H8N2/c1-4(2)5(7)3-6/h5H,1,7H2,2H3/t5-/m1/s1. The topological polar surface area (TPSA) is 49.8 Å². The highest BCUT2D eigenvalue weighted by Crippen LogP contribution is 1.89. The van der Waals surface area contributed by atoms with Crippen molar-refractivity contribution in [1.29, 1.82) is 5.26 Å². The maximum Gasteiger partial charge on any atom is 0.114 e. The summed E-state index contributed by atoms with van der Waals surface area (Å²) >= 11 is 0. The van der Waals surface area contributed by atoms with Gasteiger partial charge in [-0.2, -0.15) is 5.26 Å². The second-order valence-corrected chi connectivity index (χ2v) is 1.45. The maximum atomic E-state index is 8.07. The van der Waals surface area contributed by atoms with E-state index in [1.165, 1.54) is 0 Å². The van der Waals surface area contributed by atoms with Crippen LogP contribution in [0.2, 0.25) is 0 Å². The van der Waals surface area contributed by atoms with Crippen molar-refractivity contribution in [2.45, 2.75) is 13.0 Å². The molecule has 0 heterocycles. The quantitative estimate of drug-likeness (QED) is 0.481. The molecular weight excluding hydrogens is 88.1 g/mol. The zero-order valence-corrected chi connectivity index (χ0v) is 4.31. The first-order valence-electron chi connectivity index (χ1n) is 1.99. The fraction of sp³-hybridized carbons (Fsp3) is 0.400. The predicted molar refractivity (Wildman–Crippen MR) is 28.4 cm³/mol. The summed E-state index contributed by atoms with van der Waals surface area (Å²) < 4.78 is 0. The molecule has 2 nitrogen and oxygen atoms in total. The molecule has 0 aliphatic heterocycles. The van der Waals surface area contributed by atoms with Gasteiger partial charge in [0.25, 0.3) is 0 Å². The van der Waals surface area contributed by atoms with Crippen LogP contribution >= 0.6 is 0 Å². The highest BCUT2D eigenvalue weighted by atomic mass is 14.6. The molecule has 0 radical (unpaired) electrons. The Morgan fingerprint density at radius 3 is 2.43 bits per heavy atom. The molecule has 2 N–H and O–H groups in total. The minimum atomic E-state index is -0.486. The first-order valence-corrected chi connectivity index (χ1v) is 1.99. The van der Waals surface area contributed by atoms with Crippen molar-refractivity contribution in [3.63, 3.8) is 0 Å². The SMILES string of the molecule is C=C(C)[C@H](N)C#N. The zero-order chi connectivity index (χ0) is 5.86. The average Bonchev–Trinajstić information content (AvgIpc) is 1.65. The number of nitrogens with zero attached hydrogens (tertiary/aromatic N) is 1. The van der Waals surface area contributed by atoms with Gasteiger partial charge in [-0.1, -0.05) is 6.58 Å². The van der Waals surface area contributed by atoms with E-state index >= 15 is 0 Å². The minimum absolute atomic E-state index is 0.486. The van der Waals surface area contributed by atoms with Crippen molar-refractivity contribution in [2.24, 2.45) is 5.73 Å². The van der Waals surface area contributed by atoms with Gasteiger partial charge in [0.2, 0.25) is 0 Å². The van der Waals surface area contributed by atoms with Crippen LogP contribution in [0.15, 0.2) is 12.2 Å². The zero-order valence-electron chi connectivity index (χ0n) is 4.31. The fourth-order valence-electron chi connectivity index (χ4n) is 0.110. The monoisotopic (exact) mass is 96.1 g/mol. The molecule has 0 aliphatic rings. The van der Waals surface area contributed by atoms with E-state index in [9.17, 15) is 0 Å². The lowest BCUT2D eigenvalue weighted by Crippen LogP contribution is -2.17. The second-order valence-electron chi connectivity index (χ2n) is 1.45. The molecule has 0 rings (SSSR count). The van der Waals surface area contributed by atoms with Crippen LogP contribution in [0.3, 0.4) is 0 Å². The average molecular weight is 96.1 g/mol. The van der Waals surface area contributed by atoms with E-state index in [4.69, 9.17) is 11.0 Å². The number of hydrogen-bond acceptors (Lipinski definition) is 2. The number of nitrogens with two attached hydrogens (primary N) is 1. The molecule has 7 heavy (non-hydrogen) atoms. The molecule has 2 heteroatoms. The van der Waals surface area contributed by atoms with E-state index in [2.05, 4.69) is 6.58 Å². The summed E-state index contributed by atoms with van der Waals surface area (Å²) in [5.41, 5.74) is 5.87. The summed E-state index contributed by atoms with van der Waals surface area (Å²) in [6.45, 7) is 5.21. The molecule has 0 fully saturated rings. The van der Waals surface area contributed by atoms with Gasteiger partial charge in [0.05, 0.1) is 6.07 Å². The number of hydrogen-bond donors (Lipinski definition) is 1. The molecule has 0 bridgehead atoms. The molecule has 0 aromatic carbocycles. The van der Waals surface area contributed by atoms with Crippen LogP contribution < -0.4 is 5.73 Å². The third kappa shape index (κ3) is 1.96. The Kier molecular flexibility index (Phi) is 2.10. The maximum absolute atomic E-state index is 8.07. The third-order valence-corrected chi connectivity index (χ3v) is 0.670. The fourth-order valence-corrected chi connectivity index (χ4v) is 0.110. The smallest absolute Gasteiger partial charge is 0.114 e. The minimum Gasteiger partial charge on any atom is -0.312 e. The summed E-state index contributed by atoms with van der Waals surface area (Å²) in [6, 6.07) is 1.36. The van der Waals surface area contributed by atoms with Gasteiger partial charge in [0.15, 0.2) is 0 Å². The van der Waals surface area contributed by atoms with Crippen LogP contribution in [-0.2, 0) is 0 Å². The molecule has 0 aromatic heterocycles. The Morgan fingerprint density at radius 1 is 2.00 bits per heavy atom. The Hall–Kier alpha value is -0.810. The van der Waals surface area contributed by atoms with E-state index in [1.807, 2.05) is 6.07 Å². The van der Waals surface area contributed by atoms with E-state index < -0.39 is 6.04 Å². The molecule has 0 amide bonds. The summed E-state index contributed by atoms with van der Waals surface area (Å²) in [5, 5.41) is 8.07. The first kappa shape index (κ1) is 6.19. The van der Waals surface area contributed by atoms with Gasteiger partial charge < -0.3 is 5.73 Å². The summed E-state index contributed by atoms with van der Waals surface area (Å²) in [5.74, 6) is 0. The van der Waals surface area contributed by atoms with E-state index in [-0.39, 0.29) is 0 Å². The Labute approximate surface area is 43.2 Å². The summed E-state index contributed by atoms with van der Waals surface area (Å²) in [6.07, 6.45) is 0. The lowest BCUT2D eigenvalue weighted by molar-refractivity contribution is 0.968. The van der Waals surface area contributed by atoms with E-state index in [0.29, 0.717) is 5.57 Å². The van der Waals surface area contributed by atoms with Crippen molar-refractivity contribution in [3.05, 3.63) is 12.2 Å². The van der Waals surface area contributed by atoms with Crippen LogP contribution in [0.1, 0.15) is 6.92 Å². The highest BCUT2D eigenvalue weighted by molar-refractivity contribution is 5.11. The molecular formula is C5H8N2. The molecule has 38 valence electrons. The number of rotatable bonds is 1. The normalized spacial score (nSPS) is 12.1. The first-order chi connectivity index (χ1) is 3.18. The van der Waals surface area contributed by atoms with Gasteiger partial charge in [0.1, 0.15) is 6.04 Å². The van der Waals surface area contributed by atoms with Crippen LogP contribution in [0.5, 0.6) is 0 Å². The molecule has 0 saturated carbocycles. The van der Waals surface area contributed by atoms with Crippen LogP contribution in [0.25, 0.3) is 0 Å². The molecule has 0 unspecified atom stereocenters. The van der Waals surface area contributed by atoms with Gasteiger partial charge in [-0.25, -0.2) is 0 Å². The van der Waals surface area contributed by atoms with Crippen molar-refractivity contribution in [1.82, 2.24) is 0 Å². The molecule has 0 aromatic rings. The second kappa shape index (κ2) is 2.38. The van der Waals surface area contributed by atoms with Crippen LogP contribution in [0, 0.1) is 11.3 Å². The third-order valence-electron chi connectivity index (χ3n) is 0.670. The summed E-state index contributed by atoms with van der Waals surface area (Å²) in [7, 11) is 0. The molecule has 0 spiro atoms. The van der Waals surface area contributed by atoms with Crippen molar-refractivity contribution < 1.29 is 0 Å². The molecule has 1 atom stereocenters. The van der Waals surface area contributed by atoms with Crippen molar-refractivity contribution in [3.8, 4) is 6.07 Å². The van der Waals surface area contributed by atoms with Gasteiger partial charge >= 0.3 is 0 Å². The summed E-state index contributed by atoms with van der Waals surface area (Å²) in [4.78, 5) is 0. The Balaban J connectivity index is 3.63. The molecule has 0 saturated heterocycles. The predicted octanol–water partition coefficient (Wildman–Crippen LogP) is 0.413. The lowest BCUT2D eigenvalue weighted by atomic mass is 10.2. The Morgan fingerprint density at radius 2 is 2.43 bits per heavy atom. The van der Waals surface area contributed by atoms with Gasteiger partial charge in [-0.15, -0.1) is 0 Å². The van der Waals surface area contributed by atoms with E-state index in [1.54, 1.807) is 6.92 Å². The highest BCUT2D eigenvalue weighted by Gasteiger charge is 1.95. The number of nitriles is 1. The van der Waals surface area contributed by atoms with Crippen LogP contribution in [0.4, 0.5) is 0 Å². The van der Waals surface area contributed by atoms with Gasteiger partial charge in [-0.3, -0.25) is 0 Å². The molecule has 0 aliphatic carbocycles. The van der Waals surface area contributed by atoms with E-state index in [0.717, 1.165) is 0 Å². The van der Waals surface area contributed by atoms with Gasteiger partial charge in [-0.05, 0) is 12.5 Å². The van der Waals surface area contributed by atoms with Gasteiger partial charge in [0, 0.05) is 0 Å². The van der Waals surface area contributed by atoms with Crippen LogP contribution in [-0.4, -0.2) is 6.04 Å². The largest absolute Gasteiger partial charge is 0.312 e.